The van der Waals surface area contributed by atoms with Crippen LogP contribution in [0.25, 0.3) is 0 Å². The minimum Gasteiger partial charge on any atom is -0.494 e. The van der Waals surface area contributed by atoms with Crippen LogP contribution in [-0.2, 0) is 20.9 Å². The van der Waals surface area contributed by atoms with Crippen LogP contribution in [0.4, 0.5) is 11.4 Å². The summed E-state index contributed by atoms with van der Waals surface area (Å²) >= 11 is 0. The first kappa shape index (κ1) is 23.7. The highest BCUT2D eigenvalue weighted by atomic mass is 16.6. The summed E-state index contributed by atoms with van der Waals surface area (Å²) in [5.41, 5.74) is 1.31. The van der Waals surface area contributed by atoms with Crippen molar-refractivity contribution in [2.24, 2.45) is 0 Å². The maximum Gasteiger partial charge on any atom is 0.306 e. The van der Waals surface area contributed by atoms with Gasteiger partial charge in [0.1, 0.15) is 11.4 Å². The van der Waals surface area contributed by atoms with E-state index in [4.69, 9.17) is 9.47 Å². The lowest BCUT2D eigenvalue weighted by molar-refractivity contribution is -0.384. The van der Waals surface area contributed by atoms with E-state index in [1.165, 1.54) is 11.0 Å². The van der Waals surface area contributed by atoms with E-state index in [1.54, 1.807) is 25.2 Å². The fourth-order valence-corrected chi connectivity index (χ4v) is 2.78. The lowest BCUT2D eigenvalue weighted by Gasteiger charge is -2.17. The molecule has 0 bridgehead atoms. The quantitative estimate of drug-likeness (QED) is 0.238. The van der Waals surface area contributed by atoms with Gasteiger partial charge in [0.2, 0.25) is 0 Å². The van der Waals surface area contributed by atoms with Crippen LogP contribution in [-0.4, -0.2) is 48.5 Å². The van der Waals surface area contributed by atoms with Crippen LogP contribution in [0.1, 0.15) is 25.3 Å². The first-order valence-electron chi connectivity index (χ1n) is 9.99. The summed E-state index contributed by atoms with van der Waals surface area (Å²) in [6, 6.07) is 13.7. The number of carbonyl (C=O) groups is 2. The maximum atomic E-state index is 12.2. The van der Waals surface area contributed by atoms with Gasteiger partial charge in [0.25, 0.3) is 11.6 Å². The predicted molar refractivity (Wildman–Crippen MR) is 116 cm³/mol. The van der Waals surface area contributed by atoms with Crippen molar-refractivity contribution < 1.29 is 24.0 Å². The summed E-state index contributed by atoms with van der Waals surface area (Å²) in [6.07, 6.45) is 0.518. The number of nitrogens with one attached hydrogen (secondary N) is 1. The normalized spacial score (nSPS) is 10.3. The minimum absolute atomic E-state index is 0.0220. The minimum atomic E-state index is -0.493. The second-order valence-corrected chi connectivity index (χ2v) is 6.79. The van der Waals surface area contributed by atoms with E-state index in [9.17, 15) is 19.7 Å². The molecule has 0 aromatic heterocycles. The first-order chi connectivity index (χ1) is 14.9. The number of hydrogen-bond acceptors (Lipinski definition) is 7. The number of nitro benzene ring substituents is 1. The molecule has 0 aliphatic heterocycles. The molecule has 9 heteroatoms. The summed E-state index contributed by atoms with van der Waals surface area (Å²) in [6.45, 7) is 2.93. The molecule has 0 atom stereocenters. The van der Waals surface area contributed by atoms with E-state index >= 15 is 0 Å². The monoisotopic (exact) mass is 429 g/mol. The molecule has 1 N–H and O–H groups in total. The average Bonchev–Trinajstić information content (AvgIpc) is 2.76. The molecule has 9 nitrogen and oxygen atoms in total. The van der Waals surface area contributed by atoms with Crippen LogP contribution in [0.15, 0.2) is 48.5 Å². The van der Waals surface area contributed by atoms with Crippen molar-refractivity contribution in [1.82, 2.24) is 4.90 Å². The van der Waals surface area contributed by atoms with Gasteiger partial charge in [-0.05, 0) is 37.1 Å². The van der Waals surface area contributed by atoms with E-state index < -0.39 is 10.9 Å². The number of anilines is 1. The van der Waals surface area contributed by atoms with Gasteiger partial charge >= 0.3 is 5.97 Å². The highest BCUT2D eigenvalue weighted by Crippen LogP contribution is 2.23. The number of amides is 1. The van der Waals surface area contributed by atoms with E-state index in [0.717, 1.165) is 11.3 Å². The number of ether oxygens (including phenoxy) is 2. The zero-order valence-electron chi connectivity index (χ0n) is 17.7. The zero-order chi connectivity index (χ0) is 22.6. The van der Waals surface area contributed by atoms with Gasteiger partial charge in [0.05, 0.1) is 11.5 Å². The lowest BCUT2D eigenvalue weighted by Crippen LogP contribution is -2.30. The number of benzene rings is 2. The van der Waals surface area contributed by atoms with Gasteiger partial charge in [-0.1, -0.05) is 24.3 Å². The molecular formula is C22H27N3O6. The zero-order valence-corrected chi connectivity index (χ0v) is 17.7. The number of esters is 1. The Kier molecular flexibility index (Phi) is 9.28. The summed E-state index contributed by atoms with van der Waals surface area (Å²) < 4.78 is 10.4. The summed E-state index contributed by atoms with van der Waals surface area (Å²) in [5, 5.41) is 13.9. The molecule has 0 saturated carbocycles. The number of nitro groups is 1. The predicted octanol–water partition coefficient (Wildman–Crippen LogP) is 3.39. The van der Waals surface area contributed by atoms with Crippen LogP contribution >= 0.6 is 0 Å². The van der Waals surface area contributed by atoms with Crippen LogP contribution in [0, 0.1) is 10.1 Å². The first-order valence-corrected chi connectivity index (χ1v) is 9.99. The second kappa shape index (κ2) is 12.2. The molecule has 2 rings (SSSR count). The summed E-state index contributed by atoms with van der Waals surface area (Å²) in [5.74, 6) is -0.0297. The van der Waals surface area contributed by atoms with Crippen molar-refractivity contribution in [2.45, 2.75) is 26.3 Å². The Labute approximate surface area is 181 Å². The Morgan fingerprint density at radius 2 is 1.84 bits per heavy atom. The molecule has 0 fully saturated rings. The Morgan fingerprint density at radius 3 is 2.52 bits per heavy atom. The topological polar surface area (TPSA) is 111 Å². The van der Waals surface area contributed by atoms with Gasteiger partial charge in [-0.25, -0.2) is 0 Å². The Bertz CT molecular complexity index is 885. The van der Waals surface area contributed by atoms with Gasteiger partial charge in [-0.3, -0.25) is 19.7 Å². The third kappa shape index (κ3) is 7.96. The molecule has 0 spiro atoms. The Balaban J connectivity index is 1.67. The molecular weight excluding hydrogens is 402 g/mol. The Hall–Kier alpha value is -3.62. The van der Waals surface area contributed by atoms with E-state index in [1.807, 2.05) is 31.2 Å². The maximum absolute atomic E-state index is 12.2. The molecule has 166 valence electrons. The van der Waals surface area contributed by atoms with Crippen molar-refractivity contribution in [3.05, 3.63) is 64.2 Å². The summed E-state index contributed by atoms with van der Waals surface area (Å²) in [7, 11) is 1.64. The third-order valence-electron chi connectivity index (χ3n) is 4.41. The smallest absolute Gasteiger partial charge is 0.306 e. The van der Waals surface area contributed by atoms with Crippen molar-refractivity contribution in [3.63, 3.8) is 0 Å². The van der Waals surface area contributed by atoms with Crippen molar-refractivity contribution >= 4 is 23.3 Å². The number of likely N-dealkylation sites (N-methyl/N-ethyl adjacent to an activating group) is 1. The van der Waals surface area contributed by atoms with Crippen LogP contribution in [0.3, 0.4) is 0 Å². The van der Waals surface area contributed by atoms with E-state index in [0.29, 0.717) is 31.8 Å². The van der Waals surface area contributed by atoms with Crippen molar-refractivity contribution in [2.75, 3.05) is 32.1 Å². The second-order valence-electron chi connectivity index (χ2n) is 6.79. The molecule has 2 aromatic rings. The Morgan fingerprint density at radius 1 is 1.13 bits per heavy atom. The largest absolute Gasteiger partial charge is 0.494 e. The summed E-state index contributed by atoms with van der Waals surface area (Å²) in [4.78, 5) is 36.0. The van der Waals surface area contributed by atoms with Crippen molar-refractivity contribution in [1.29, 1.82) is 0 Å². The number of carbonyl (C=O) groups excluding carboxylic acids is 2. The lowest BCUT2D eigenvalue weighted by atomic mass is 10.2. The van der Waals surface area contributed by atoms with Crippen LogP contribution < -0.4 is 10.1 Å². The molecule has 1 amide bonds. The van der Waals surface area contributed by atoms with E-state index in [2.05, 4.69) is 5.32 Å². The van der Waals surface area contributed by atoms with Gasteiger partial charge in [-0.15, -0.1) is 0 Å². The van der Waals surface area contributed by atoms with Crippen molar-refractivity contribution in [3.8, 4) is 5.75 Å². The number of hydrogen-bond donors (Lipinski definition) is 1. The van der Waals surface area contributed by atoms with Gasteiger partial charge in [-0.2, -0.15) is 0 Å². The van der Waals surface area contributed by atoms with Gasteiger partial charge in [0, 0.05) is 32.6 Å². The fraction of sp³-hybridized carbons (Fsp3) is 0.364. The van der Waals surface area contributed by atoms with Gasteiger partial charge < -0.3 is 19.7 Å². The SMILES string of the molecule is CCOc1ccc(CN(C)C(=O)COC(=O)CCCNc2ccccc2[N+](=O)[O-])cc1. The van der Waals surface area contributed by atoms with E-state index in [-0.39, 0.29) is 24.6 Å². The number of rotatable bonds is 12. The number of para-hydroxylation sites is 2. The molecule has 0 saturated heterocycles. The molecule has 2 aromatic carbocycles. The molecule has 0 heterocycles. The molecule has 0 radical (unpaired) electrons. The fourth-order valence-electron chi connectivity index (χ4n) is 2.78. The molecule has 0 aliphatic carbocycles. The average molecular weight is 429 g/mol. The van der Waals surface area contributed by atoms with Crippen LogP contribution in [0.5, 0.6) is 5.75 Å². The highest BCUT2D eigenvalue weighted by Gasteiger charge is 2.14. The number of nitrogens with zero attached hydrogens (tertiary/aromatic N) is 2. The standard InChI is InChI=1S/C22H27N3O6/c1-3-30-18-12-10-17(11-13-18)15-24(2)21(26)16-31-22(27)9-6-14-23-19-7-4-5-8-20(19)25(28)29/h4-5,7-8,10-13,23H,3,6,9,14-16H2,1-2H3. The highest BCUT2D eigenvalue weighted by molar-refractivity contribution is 5.80. The van der Waals surface area contributed by atoms with Gasteiger partial charge in [0.15, 0.2) is 6.61 Å². The molecule has 0 unspecified atom stereocenters. The molecule has 0 aliphatic rings. The molecule has 31 heavy (non-hydrogen) atoms. The van der Waals surface area contributed by atoms with Crippen LogP contribution in [0.2, 0.25) is 0 Å². The third-order valence-corrected chi connectivity index (χ3v) is 4.41.